The van der Waals surface area contributed by atoms with Crippen LogP contribution in [0.3, 0.4) is 0 Å². The molecule has 1 unspecified atom stereocenters. The van der Waals surface area contributed by atoms with Crippen LogP contribution in [0.2, 0.25) is 0 Å². The van der Waals surface area contributed by atoms with E-state index < -0.39 is 0 Å². The van der Waals surface area contributed by atoms with E-state index in [4.69, 9.17) is 11.8 Å². The second-order valence-corrected chi connectivity index (χ2v) is 5.96. The van der Waals surface area contributed by atoms with Gasteiger partial charge in [0.25, 0.3) is 0 Å². The van der Waals surface area contributed by atoms with E-state index in [0.29, 0.717) is 0 Å². The maximum absolute atomic E-state index is 4.72. The van der Waals surface area contributed by atoms with Crippen molar-refractivity contribution in [1.29, 1.82) is 0 Å². The van der Waals surface area contributed by atoms with E-state index in [-0.39, 0.29) is 0 Å². The monoisotopic (exact) mass is 168 g/mol. The molecule has 7 heavy (non-hydrogen) atoms. The Hall–Kier alpha value is 1.22. The minimum atomic E-state index is 0.959. The van der Waals surface area contributed by atoms with Gasteiger partial charge in [0.2, 0.25) is 0 Å². The van der Waals surface area contributed by atoms with Gasteiger partial charge < -0.3 is 0 Å². The zero-order valence-corrected chi connectivity index (χ0v) is 7.01. The van der Waals surface area contributed by atoms with Gasteiger partial charge in [-0.3, -0.25) is 0 Å². The molecule has 0 saturated carbocycles. The molecule has 1 aliphatic heterocycles. The van der Waals surface area contributed by atoms with Gasteiger partial charge in [-0.05, 0) is 11.8 Å². The predicted octanol–water partition coefficient (Wildman–Crippen LogP) is 2.16. The van der Waals surface area contributed by atoms with Gasteiger partial charge >= 0.3 is 0 Å². The molecule has 1 fully saturated rings. The normalized spacial score (nSPS) is 28.3. The lowest BCUT2D eigenvalue weighted by Crippen LogP contribution is -1.81. The highest BCUT2D eigenvalue weighted by molar-refractivity contribution is 8.58. The number of hydrogen-bond acceptors (Lipinski definition) is 3. The van der Waals surface area contributed by atoms with Gasteiger partial charge in [-0.25, -0.2) is 0 Å². The molecule has 40 valence electrons. The second-order valence-electron chi connectivity index (χ2n) is 1.33. The summed E-state index contributed by atoms with van der Waals surface area (Å²) in [6.45, 7) is 1.07. The molecular formula is C3H5PS3. The van der Waals surface area contributed by atoms with Gasteiger partial charge in [0, 0.05) is 23.3 Å². The van der Waals surface area contributed by atoms with Crippen molar-refractivity contribution in [1.82, 2.24) is 0 Å². The summed E-state index contributed by atoms with van der Waals surface area (Å²) in [5.74, 6) is 2.65. The third-order valence-electron chi connectivity index (χ3n) is 0.716. The van der Waals surface area contributed by atoms with Crippen LogP contribution in [0.15, 0.2) is 0 Å². The molecule has 0 aromatic carbocycles. The molecule has 1 aliphatic rings. The van der Waals surface area contributed by atoms with Gasteiger partial charge in [0.1, 0.15) is 0 Å². The molecule has 0 nitrogen and oxygen atoms in total. The molecule has 0 aromatic rings. The molecule has 0 aromatic heterocycles. The third-order valence-corrected chi connectivity index (χ3v) is 4.27. The van der Waals surface area contributed by atoms with Crippen molar-refractivity contribution in [2.45, 2.75) is 5.25 Å². The van der Waals surface area contributed by atoms with Crippen LogP contribution in [0, 0.1) is 0 Å². The first-order valence-electron chi connectivity index (χ1n) is 1.99. The van der Waals surface area contributed by atoms with Crippen molar-refractivity contribution < 1.29 is 0 Å². The van der Waals surface area contributed by atoms with E-state index in [2.05, 4.69) is 0 Å². The van der Waals surface area contributed by atoms with Gasteiger partial charge in [-0.1, -0.05) is 11.4 Å². The van der Waals surface area contributed by atoms with E-state index in [1.807, 2.05) is 23.1 Å². The van der Waals surface area contributed by atoms with Gasteiger partial charge in [0.05, 0.1) is 0 Å². The molecule has 1 atom stereocenters. The predicted molar refractivity (Wildman–Crippen MR) is 43.0 cm³/mol. The van der Waals surface area contributed by atoms with Crippen molar-refractivity contribution in [3.63, 3.8) is 0 Å². The van der Waals surface area contributed by atoms with Crippen LogP contribution in [0.5, 0.6) is 0 Å². The van der Waals surface area contributed by atoms with Crippen LogP contribution >= 0.6 is 29.7 Å². The molecule has 0 N–H and O–H groups in total. The molecule has 1 saturated heterocycles. The minimum Gasteiger partial charge on any atom is -0.156 e. The SMILES string of the molecule is S=PSCC1CS1. The minimum absolute atomic E-state index is 0.959. The van der Waals surface area contributed by atoms with E-state index in [9.17, 15) is 0 Å². The Morgan fingerprint density at radius 3 is 3.14 bits per heavy atom. The van der Waals surface area contributed by atoms with Crippen molar-refractivity contribution in [3.05, 3.63) is 0 Å². The lowest BCUT2D eigenvalue weighted by Gasteiger charge is -1.81. The van der Waals surface area contributed by atoms with Crippen LogP contribution in [-0.2, 0) is 11.8 Å². The summed E-state index contributed by atoms with van der Waals surface area (Å²) in [4.78, 5) is 0. The molecule has 1 heterocycles. The molecule has 0 bridgehead atoms. The Kier molecular flexibility index (Phi) is 2.98. The van der Waals surface area contributed by atoms with E-state index >= 15 is 0 Å². The number of rotatable bonds is 3. The van der Waals surface area contributed by atoms with Crippen molar-refractivity contribution in [2.75, 3.05) is 11.5 Å². The summed E-state index contributed by atoms with van der Waals surface area (Å²) in [6, 6.07) is 0. The zero-order valence-electron chi connectivity index (χ0n) is 3.66. The Bertz CT molecular complexity index is 70.6. The third kappa shape index (κ3) is 2.91. The first-order chi connectivity index (χ1) is 3.43. The van der Waals surface area contributed by atoms with E-state index in [0.717, 1.165) is 11.8 Å². The van der Waals surface area contributed by atoms with Gasteiger partial charge in [-0.2, -0.15) is 11.8 Å². The maximum Gasteiger partial charge on any atom is 0.0430 e. The number of thioether (sulfide) groups is 1. The summed E-state index contributed by atoms with van der Waals surface area (Å²) >= 11 is 8.61. The molecule has 0 spiro atoms. The van der Waals surface area contributed by atoms with Crippen molar-refractivity contribution in [2.24, 2.45) is 0 Å². The maximum atomic E-state index is 4.72. The summed E-state index contributed by atoms with van der Waals surface area (Å²) < 4.78 is 0. The smallest absolute Gasteiger partial charge is 0.0430 e. The quantitative estimate of drug-likeness (QED) is 0.468. The Labute approximate surface area is 58.4 Å². The summed E-state index contributed by atoms with van der Waals surface area (Å²) in [6.07, 6.45) is 0. The van der Waals surface area contributed by atoms with E-state index in [1.54, 1.807) is 0 Å². The first kappa shape index (κ1) is 6.34. The molecule has 4 heteroatoms. The highest BCUT2D eigenvalue weighted by Gasteiger charge is 2.21. The van der Waals surface area contributed by atoms with Crippen molar-refractivity contribution in [3.8, 4) is 0 Å². The fraction of sp³-hybridized carbons (Fsp3) is 1.00. The summed E-state index contributed by atoms with van der Waals surface area (Å²) in [5.41, 5.74) is 0. The largest absolute Gasteiger partial charge is 0.156 e. The zero-order chi connectivity index (χ0) is 5.11. The Morgan fingerprint density at radius 2 is 2.71 bits per heavy atom. The van der Waals surface area contributed by atoms with E-state index in [1.165, 1.54) is 11.5 Å². The van der Waals surface area contributed by atoms with Crippen LogP contribution in [-0.4, -0.2) is 16.8 Å². The standard InChI is InChI=1S/C3H5PS3/c5-4-7-2-3-1-6-3/h3H,1-2H2. The van der Waals surface area contributed by atoms with Crippen LogP contribution < -0.4 is 0 Å². The lowest BCUT2D eigenvalue weighted by molar-refractivity contribution is 1.28. The fourth-order valence-corrected chi connectivity index (χ4v) is 3.19. The van der Waals surface area contributed by atoms with Crippen LogP contribution in [0.1, 0.15) is 0 Å². The highest BCUT2D eigenvalue weighted by atomic mass is 32.9. The molecule has 0 amide bonds. The van der Waals surface area contributed by atoms with Gasteiger partial charge in [0.15, 0.2) is 0 Å². The van der Waals surface area contributed by atoms with Gasteiger partial charge in [-0.15, -0.1) is 0 Å². The summed E-state index contributed by atoms with van der Waals surface area (Å²) in [5, 5.41) is 0.959. The highest BCUT2D eigenvalue weighted by Crippen LogP contribution is 2.35. The molecular weight excluding hydrogens is 163 g/mol. The fourth-order valence-electron chi connectivity index (χ4n) is 0.278. The molecule has 0 aliphatic carbocycles. The Balaban J connectivity index is 1.88. The van der Waals surface area contributed by atoms with Crippen LogP contribution in [0.4, 0.5) is 0 Å². The molecule has 0 radical (unpaired) electrons. The lowest BCUT2D eigenvalue weighted by atomic mass is 10.6. The average molecular weight is 168 g/mol. The average Bonchev–Trinajstić information content (AvgIpc) is 2.42. The topological polar surface area (TPSA) is 0 Å². The first-order valence-corrected chi connectivity index (χ1v) is 6.54. The summed E-state index contributed by atoms with van der Waals surface area (Å²) in [7, 11) is 0. The number of hydrogen-bond donors (Lipinski definition) is 0. The van der Waals surface area contributed by atoms with Crippen LogP contribution in [0.25, 0.3) is 0 Å². The second kappa shape index (κ2) is 3.29. The molecule has 1 rings (SSSR count). The van der Waals surface area contributed by atoms with Crippen molar-refractivity contribution >= 4 is 41.5 Å². The Morgan fingerprint density at radius 1 is 2.00 bits per heavy atom.